The van der Waals surface area contributed by atoms with Gasteiger partial charge in [-0.2, -0.15) is 0 Å². The van der Waals surface area contributed by atoms with Gasteiger partial charge in [0.25, 0.3) is 0 Å². The molecule has 0 radical (unpaired) electrons. The number of rotatable bonds is 4. The van der Waals surface area contributed by atoms with E-state index < -0.39 is 0 Å². The van der Waals surface area contributed by atoms with Crippen LogP contribution in [0.5, 0.6) is 0 Å². The van der Waals surface area contributed by atoms with Gasteiger partial charge in [0.15, 0.2) is 0 Å². The summed E-state index contributed by atoms with van der Waals surface area (Å²) in [6.45, 7) is 2.75. The Morgan fingerprint density at radius 3 is 2.89 bits per heavy atom. The molecule has 1 aromatic carbocycles. The fourth-order valence-electron chi connectivity index (χ4n) is 1.79. The maximum Gasteiger partial charge on any atom is 0.107 e. The highest BCUT2D eigenvalue weighted by molar-refractivity contribution is 9.10. The van der Waals surface area contributed by atoms with Crippen LogP contribution in [0.15, 0.2) is 41.1 Å². The van der Waals surface area contributed by atoms with Gasteiger partial charge in [0.05, 0.1) is 0 Å². The summed E-state index contributed by atoms with van der Waals surface area (Å²) in [5.74, 6) is 0. The smallest absolute Gasteiger partial charge is 0.107 e. The third-order valence-electron chi connectivity index (χ3n) is 2.88. The first-order chi connectivity index (χ1) is 9.09. The summed E-state index contributed by atoms with van der Waals surface area (Å²) in [6, 6.07) is 7.83. The van der Waals surface area contributed by atoms with E-state index >= 15 is 0 Å². The standard InChI is InChI=1S/C14H14BrN3S/c1-9-5-6-17-7-10(9)8-18-12-4-2-3-11(15)13(12)14(16)19/h2-7,18H,8H2,1H3,(H2,16,19). The lowest BCUT2D eigenvalue weighted by Gasteiger charge is -2.13. The second-order valence-corrected chi connectivity index (χ2v) is 5.48. The van der Waals surface area contributed by atoms with Gasteiger partial charge in [0.1, 0.15) is 4.99 Å². The minimum absolute atomic E-state index is 0.373. The number of hydrogen-bond donors (Lipinski definition) is 2. The summed E-state index contributed by atoms with van der Waals surface area (Å²) in [7, 11) is 0. The van der Waals surface area contributed by atoms with Crippen molar-refractivity contribution < 1.29 is 0 Å². The Morgan fingerprint density at radius 2 is 2.21 bits per heavy atom. The Kier molecular flexibility index (Phi) is 4.50. The fraction of sp³-hybridized carbons (Fsp3) is 0.143. The number of aromatic nitrogens is 1. The Balaban J connectivity index is 2.23. The Bertz CT molecular complexity index is 613. The van der Waals surface area contributed by atoms with Crippen molar-refractivity contribution in [2.24, 2.45) is 5.73 Å². The molecule has 3 N–H and O–H groups in total. The van der Waals surface area contributed by atoms with Gasteiger partial charge < -0.3 is 11.1 Å². The normalized spacial score (nSPS) is 10.2. The molecule has 0 saturated carbocycles. The van der Waals surface area contributed by atoms with E-state index in [1.54, 1.807) is 6.20 Å². The number of anilines is 1. The van der Waals surface area contributed by atoms with Gasteiger partial charge in [0.2, 0.25) is 0 Å². The third kappa shape index (κ3) is 3.30. The number of aryl methyl sites for hydroxylation is 1. The lowest BCUT2D eigenvalue weighted by Crippen LogP contribution is -2.14. The summed E-state index contributed by atoms with van der Waals surface area (Å²) in [4.78, 5) is 4.51. The van der Waals surface area contributed by atoms with E-state index in [1.165, 1.54) is 5.56 Å². The number of nitrogens with zero attached hydrogens (tertiary/aromatic N) is 1. The molecular formula is C14H14BrN3S. The van der Waals surface area contributed by atoms with E-state index in [0.717, 1.165) is 21.3 Å². The van der Waals surface area contributed by atoms with E-state index in [4.69, 9.17) is 18.0 Å². The van der Waals surface area contributed by atoms with E-state index in [1.807, 2.05) is 30.5 Å². The molecule has 0 aliphatic heterocycles. The van der Waals surface area contributed by atoms with E-state index in [9.17, 15) is 0 Å². The minimum Gasteiger partial charge on any atom is -0.389 e. The summed E-state index contributed by atoms with van der Waals surface area (Å²) in [5.41, 5.74) is 9.87. The van der Waals surface area contributed by atoms with Crippen molar-refractivity contribution in [3.05, 3.63) is 57.8 Å². The quantitative estimate of drug-likeness (QED) is 0.841. The second-order valence-electron chi connectivity index (χ2n) is 4.18. The van der Waals surface area contributed by atoms with Crippen molar-refractivity contribution >= 4 is 38.8 Å². The number of nitrogens with one attached hydrogen (secondary N) is 1. The van der Waals surface area contributed by atoms with Crippen LogP contribution in [0.1, 0.15) is 16.7 Å². The molecule has 19 heavy (non-hydrogen) atoms. The molecule has 2 aromatic rings. The molecule has 0 spiro atoms. The molecule has 0 bridgehead atoms. The van der Waals surface area contributed by atoms with E-state index in [-0.39, 0.29) is 0 Å². The zero-order valence-electron chi connectivity index (χ0n) is 10.5. The third-order valence-corrected chi connectivity index (χ3v) is 3.74. The van der Waals surface area contributed by atoms with Crippen LogP contribution in [-0.4, -0.2) is 9.97 Å². The average molecular weight is 336 g/mol. The molecule has 98 valence electrons. The number of thiocarbonyl (C=S) groups is 1. The minimum atomic E-state index is 0.373. The molecule has 0 aliphatic carbocycles. The number of hydrogen-bond acceptors (Lipinski definition) is 3. The van der Waals surface area contributed by atoms with Crippen molar-refractivity contribution in [2.75, 3.05) is 5.32 Å². The topological polar surface area (TPSA) is 50.9 Å². The summed E-state index contributed by atoms with van der Waals surface area (Å²) in [6.07, 6.45) is 3.65. The first-order valence-electron chi connectivity index (χ1n) is 5.81. The van der Waals surface area contributed by atoms with Crippen LogP contribution in [0, 0.1) is 6.92 Å². The van der Waals surface area contributed by atoms with Crippen molar-refractivity contribution in [1.29, 1.82) is 0 Å². The predicted molar refractivity (Wildman–Crippen MR) is 86.3 cm³/mol. The molecule has 0 amide bonds. The molecule has 1 heterocycles. The number of pyridine rings is 1. The summed E-state index contributed by atoms with van der Waals surface area (Å²) < 4.78 is 0.896. The highest BCUT2D eigenvalue weighted by Gasteiger charge is 2.09. The monoisotopic (exact) mass is 335 g/mol. The van der Waals surface area contributed by atoms with Gasteiger partial charge in [-0.3, -0.25) is 4.98 Å². The van der Waals surface area contributed by atoms with Crippen molar-refractivity contribution in [3.8, 4) is 0 Å². The van der Waals surface area contributed by atoms with Gasteiger partial charge in [-0.15, -0.1) is 0 Å². The van der Waals surface area contributed by atoms with Crippen molar-refractivity contribution in [1.82, 2.24) is 4.98 Å². The van der Waals surface area contributed by atoms with Crippen LogP contribution in [0.25, 0.3) is 0 Å². The van der Waals surface area contributed by atoms with Crippen LogP contribution in [0.2, 0.25) is 0 Å². The van der Waals surface area contributed by atoms with E-state index in [2.05, 4.69) is 33.2 Å². The molecule has 0 saturated heterocycles. The molecule has 0 fully saturated rings. The van der Waals surface area contributed by atoms with Crippen LogP contribution < -0.4 is 11.1 Å². The maximum atomic E-state index is 5.76. The number of benzene rings is 1. The highest BCUT2D eigenvalue weighted by atomic mass is 79.9. The van der Waals surface area contributed by atoms with Crippen LogP contribution in [0.4, 0.5) is 5.69 Å². The summed E-state index contributed by atoms with van der Waals surface area (Å²) in [5, 5.41) is 3.36. The number of halogens is 1. The van der Waals surface area contributed by atoms with Crippen LogP contribution >= 0.6 is 28.1 Å². The average Bonchev–Trinajstić information content (AvgIpc) is 2.37. The molecular weight excluding hydrogens is 322 g/mol. The molecule has 0 aliphatic rings. The summed E-state index contributed by atoms with van der Waals surface area (Å²) >= 11 is 8.56. The molecule has 0 unspecified atom stereocenters. The lowest BCUT2D eigenvalue weighted by atomic mass is 10.1. The van der Waals surface area contributed by atoms with Crippen molar-refractivity contribution in [3.63, 3.8) is 0 Å². The Hall–Kier alpha value is -1.46. The molecule has 5 heteroatoms. The predicted octanol–water partition coefficient (Wildman–Crippen LogP) is 3.40. The van der Waals surface area contributed by atoms with Gasteiger partial charge >= 0.3 is 0 Å². The van der Waals surface area contributed by atoms with Gasteiger partial charge in [-0.25, -0.2) is 0 Å². The fourth-order valence-corrected chi connectivity index (χ4v) is 2.73. The number of nitrogens with two attached hydrogens (primary N) is 1. The Labute approximate surface area is 126 Å². The molecule has 2 rings (SSSR count). The van der Waals surface area contributed by atoms with Crippen LogP contribution in [-0.2, 0) is 6.54 Å². The van der Waals surface area contributed by atoms with E-state index in [0.29, 0.717) is 11.5 Å². The molecule has 0 atom stereocenters. The van der Waals surface area contributed by atoms with Gasteiger partial charge in [-0.05, 0) is 52.2 Å². The van der Waals surface area contributed by atoms with Crippen molar-refractivity contribution in [2.45, 2.75) is 13.5 Å². The Morgan fingerprint density at radius 1 is 1.42 bits per heavy atom. The molecule has 1 aromatic heterocycles. The first-order valence-corrected chi connectivity index (χ1v) is 7.01. The zero-order chi connectivity index (χ0) is 13.8. The zero-order valence-corrected chi connectivity index (χ0v) is 12.9. The van der Waals surface area contributed by atoms with Gasteiger partial charge in [-0.1, -0.05) is 18.3 Å². The highest BCUT2D eigenvalue weighted by Crippen LogP contribution is 2.25. The SMILES string of the molecule is Cc1ccncc1CNc1cccc(Br)c1C(N)=S. The lowest BCUT2D eigenvalue weighted by molar-refractivity contribution is 1.08. The largest absolute Gasteiger partial charge is 0.389 e. The van der Waals surface area contributed by atoms with Gasteiger partial charge in [0, 0.05) is 34.7 Å². The second kappa shape index (κ2) is 6.12. The first kappa shape index (κ1) is 14.0. The maximum absolute atomic E-state index is 5.76. The van der Waals surface area contributed by atoms with Crippen LogP contribution in [0.3, 0.4) is 0 Å². The molecule has 3 nitrogen and oxygen atoms in total.